The van der Waals surface area contributed by atoms with Crippen LogP contribution in [0.3, 0.4) is 0 Å². The lowest BCUT2D eigenvalue weighted by molar-refractivity contribution is -0.142. The molecule has 0 aromatic heterocycles. The SMILES string of the molecule is CC(CC(=O)N1CCN(C(=O)CC(C)c2ccccc2F)[C@@H](C)C1)c1ccccc1F. The highest BCUT2D eigenvalue weighted by Crippen LogP contribution is 2.26. The summed E-state index contributed by atoms with van der Waals surface area (Å²) in [4.78, 5) is 29.1. The van der Waals surface area contributed by atoms with Gasteiger partial charge in [0.1, 0.15) is 11.6 Å². The molecule has 0 saturated carbocycles. The molecule has 1 aliphatic rings. The van der Waals surface area contributed by atoms with Gasteiger partial charge in [-0.2, -0.15) is 0 Å². The highest BCUT2D eigenvalue weighted by Gasteiger charge is 2.31. The number of rotatable bonds is 6. The maximum absolute atomic E-state index is 14.0. The Hall–Kier alpha value is -2.76. The second kappa shape index (κ2) is 10.0. The molecule has 0 aliphatic carbocycles. The Morgan fingerprint density at radius 3 is 1.84 bits per heavy atom. The van der Waals surface area contributed by atoms with Gasteiger partial charge in [0.25, 0.3) is 0 Å². The van der Waals surface area contributed by atoms with Crippen LogP contribution in [-0.2, 0) is 9.59 Å². The number of benzene rings is 2. The molecule has 0 spiro atoms. The predicted molar refractivity (Wildman–Crippen MR) is 117 cm³/mol. The lowest BCUT2D eigenvalue weighted by atomic mass is 9.95. The Bertz CT molecular complexity index is 933. The van der Waals surface area contributed by atoms with Crippen LogP contribution >= 0.6 is 0 Å². The average molecular weight is 429 g/mol. The first kappa shape index (κ1) is 22.9. The second-order valence-corrected chi connectivity index (χ2v) is 8.53. The first-order valence-electron chi connectivity index (χ1n) is 10.8. The maximum Gasteiger partial charge on any atom is 0.223 e. The summed E-state index contributed by atoms with van der Waals surface area (Å²) in [5.74, 6) is -1.09. The van der Waals surface area contributed by atoms with Gasteiger partial charge in [-0.3, -0.25) is 9.59 Å². The molecule has 166 valence electrons. The number of hydrogen-bond acceptors (Lipinski definition) is 2. The van der Waals surface area contributed by atoms with Gasteiger partial charge in [-0.15, -0.1) is 0 Å². The predicted octanol–water partition coefficient (Wildman–Crippen LogP) is 4.71. The zero-order chi connectivity index (χ0) is 22.5. The van der Waals surface area contributed by atoms with Crippen LogP contribution in [0.1, 0.15) is 56.6 Å². The van der Waals surface area contributed by atoms with Crippen molar-refractivity contribution in [3.05, 3.63) is 71.3 Å². The van der Waals surface area contributed by atoms with Crippen LogP contribution in [0.2, 0.25) is 0 Å². The van der Waals surface area contributed by atoms with Crippen molar-refractivity contribution in [2.75, 3.05) is 19.6 Å². The quantitative estimate of drug-likeness (QED) is 0.669. The van der Waals surface area contributed by atoms with Crippen LogP contribution in [0.15, 0.2) is 48.5 Å². The van der Waals surface area contributed by atoms with E-state index in [-0.39, 0.29) is 54.2 Å². The largest absolute Gasteiger partial charge is 0.339 e. The van der Waals surface area contributed by atoms with Crippen LogP contribution in [0.25, 0.3) is 0 Å². The van der Waals surface area contributed by atoms with Crippen molar-refractivity contribution in [1.29, 1.82) is 0 Å². The Morgan fingerprint density at radius 1 is 0.871 bits per heavy atom. The summed E-state index contributed by atoms with van der Waals surface area (Å²) < 4.78 is 28.0. The first-order chi connectivity index (χ1) is 14.8. The molecule has 6 heteroatoms. The fraction of sp³-hybridized carbons (Fsp3) is 0.440. The van der Waals surface area contributed by atoms with E-state index in [2.05, 4.69) is 0 Å². The van der Waals surface area contributed by atoms with Crippen molar-refractivity contribution in [3.8, 4) is 0 Å². The summed E-state index contributed by atoms with van der Waals surface area (Å²) in [6.45, 7) is 6.97. The van der Waals surface area contributed by atoms with Gasteiger partial charge in [-0.05, 0) is 42.0 Å². The highest BCUT2D eigenvalue weighted by atomic mass is 19.1. The number of hydrogen-bond donors (Lipinski definition) is 0. The number of amides is 2. The summed E-state index contributed by atoms with van der Waals surface area (Å²) in [6.07, 6.45) is 0.454. The molecule has 1 fully saturated rings. The topological polar surface area (TPSA) is 40.6 Å². The van der Waals surface area contributed by atoms with E-state index in [0.29, 0.717) is 30.8 Å². The number of piperazine rings is 1. The Morgan fingerprint density at radius 2 is 1.35 bits per heavy atom. The molecule has 0 N–H and O–H groups in total. The van der Waals surface area contributed by atoms with E-state index in [9.17, 15) is 18.4 Å². The van der Waals surface area contributed by atoms with Gasteiger partial charge < -0.3 is 9.80 Å². The minimum atomic E-state index is -0.296. The van der Waals surface area contributed by atoms with Gasteiger partial charge >= 0.3 is 0 Å². The van der Waals surface area contributed by atoms with Gasteiger partial charge in [0.2, 0.25) is 11.8 Å². The standard InChI is InChI=1S/C25H30F2N2O2/c1-17(20-8-4-6-10-22(20)26)14-24(30)28-12-13-29(19(3)16-28)25(31)15-18(2)21-9-5-7-11-23(21)27/h4-11,17-19H,12-16H2,1-3H3/t17?,18?,19-/m0/s1. The number of carbonyl (C=O) groups excluding carboxylic acids is 2. The summed E-state index contributed by atoms with van der Waals surface area (Å²) in [5.41, 5.74) is 1.08. The van der Waals surface area contributed by atoms with Crippen LogP contribution < -0.4 is 0 Å². The molecular weight excluding hydrogens is 398 g/mol. The molecule has 3 rings (SSSR count). The number of halogens is 2. The summed E-state index contributed by atoms with van der Waals surface area (Å²) in [6, 6.07) is 12.9. The van der Waals surface area contributed by atoms with Crippen molar-refractivity contribution < 1.29 is 18.4 Å². The Kier molecular flexibility index (Phi) is 7.42. The van der Waals surface area contributed by atoms with Crippen LogP contribution in [0.4, 0.5) is 8.78 Å². The summed E-state index contributed by atoms with van der Waals surface area (Å²) in [7, 11) is 0. The molecule has 1 heterocycles. The molecule has 0 bridgehead atoms. The van der Waals surface area contributed by atoms with Crippen molar-refractivity contribution in [2.45, 2.75) is 51.5 Å². The molecule has 2 aromatic rings. The van der Waals surface area contributed by atoms with Gasteiger partial charge in [0, 0.05) is 38.5 Å². The van der Waals surface area contributed by atoms with Crippen LogP contribution in [0, 0.1) is 11.6 Å². The molecule has 31 heavy (non-hydrogen) atoms. The lowest BCUT2D eigenvalue weighted by Gasteiger charge is -2.40. The Balaban J connectivity index is 1.55. The highest BCUT2D eigenvalue weighted by molar-refractivity contribution is 5.79. The van der Waals surface area contributed by atoms with Gasteiger partial charge in [0.15, 0.2) is 0 Å². The molecule has 1 saturated heterocycles. The van der Waals surface area contributed by atoms with E-state index in [0.717, 1.165) is 0 Å². The number of nitrogens with zero attached hydrogens (tertiary/aromatic N) is 2. The van der Waals surface area contributed by atoms with Gasteiger partial charge in [-0.25, -0.2) is 8.78 Å². The molecule has 1 aliphatic heterocycles. The van der Waals surface area contributed by atoms with Crippen molar-refractivity contribution in [2.24, 2.45) is 0 Å². The molecule has 2 aromatic carbocycles. The zero-order valence-electron chi connectivity index (χ0n) is 18.4. The molecule has 2 unspecified atom stereocenters. The van der Waals surface area contributed by atoms with E-state index in [1.165, 1.54) is 12.1 Å². The fourth-order valence-electron chi connectivity index (χ4n) is 4.29. The first-order valence-corrected chi connectivity index (χ1v) is 10.8. The lowest BCUT2D eigenvalue weighted by Crippen LogP contribution is -2.55. The zero-order valence-corrected chi connectivity index (χ0v) is 18.4. The maximum atomic E-state index is 14.0. The van der Waals surface area contributed by atoms with Gasteiger partial charge in [-0.1, -0.05) is 50.2 Å². The van der Waals surface area contributed by atoms with E-state index >= 15 is 0 Å². The number of carbonyl (C=O) groups is 2. The average Bonchev–Trinajstić information content (AvgIpc) is 2.73. The molecule has 2 amide bonds. The van der Waals surface area contributed by atoms with Gasteiger partial charge in [0.05, 0.1) is 0 Å². The minimum absolute atomic E-state index is 0.0323. The third-order valence-corrected chi connectivity index (χ3v) is 6.13. The fourth-order valence-corrected chi connectivity index (χ4v) is 4.29. The smallest absolute Gasteiger partial charge is 0.223 e. The monoisotopic (exact) mass is 428 g/mol. The molecule has 3 atom stereocenters. The van der Waals surface area contributed by atoms with Crippen LogP contribution in [0.5, 0.6) is 0 Å². The third-order valence-electron chi connectivity index (χ3n) is 6.13. The summed E-state index contributed by atoms with van der Waals surface area (Å²) >= 11 is 0. The molecule has 4 nitrogen and oxygen atoms in total. The van der Waals surface area contributed by atoms with E-state index in [4.69, 9.17) is 0 Å². The van der Waals surface area contributed by atoms with E-state index in [1.54, 1.807) is 46.2 Å². The normalized spacial score (nSPS) is 18.5. The molecule has 0 radical (unpaired) electrons. The molecular formula is C25H30F2N2O2. The van der Waals surface area contributed by atoms with Crippen LogP contribution in [-0.4, -0.2) is 47.3 Å². The van der Waals surface area contributed by atoms with E-state index < -0.39 is 0 Å². The van der Waals surface area contributed by atoms with Crippen molar-refractivity contribution in [1.82, 2.24) is 9.80 Å². The van der Waals surface area contributed by atoms with Crippen molar-refractivity contribution >= 4 is 11.8 Å². The third kappa shape index (κ3) is 5.49. The second-order valence-electron chi connectivity index (χ2n) is 8.53. The Labute approximate surface area is 182 Å². The van der Waals surface area contributed by atoms with E-state index in [1.807, 2.05) is 20.8 Å². The summed E-state index contributed by atoms with van der Waals surface area (Å²) in [5, 5.41) is 0. The minimum Gasteiger partial charge on any atom is -0.339 e. The van der Waals surface area contributed by atoms with Crippen molar-refractivity contribution in [3.63, 3.8) is 0 Å².